The van der Waals surface area contributed by atoms with Crippen molar-refractivity contribution in [2.45, 2.75) is 25.9 Å². The molecular weight excluding hydrogens is 205 g/mol. The fraction of sp³-hybridized carbons (Fsp3) is 0.400. The highest BCUT2D eigenvalue weighted by molar-refractivity contribution is 5.35. The average Bonchev–Trinajstić information content (AvgIpc) is 2.15. The highest BCUT2D eigenvalue weighted by Gasteiger charge is 2.33. The normalized spacial score (nSPS) is 11.5. The van der Waals surface area contributed by atoms with Crippen LogP contribution in [0, 0.1) is 11.3 Å². The van der Waals surface area contributed by atoms with Crippen LogP contribution in [0.3, 0.4) is 0 Å². The van der Waals surface area contributed by atoms with Gasteiger partial charge in [-0.3, -0.25) is 0 Å². The van der Waals surface area contributed by atoms with Crippen LogP contribution in [0.4, 0.5) is 13.2 Å². The molecule has 5 heteroatoms. The molecular formula is C10H9F3N2. The smallest absolute Gasteiger partial charge is 0.232 e. The molecule has 0 bridgehead atoms. The second kappa shape index (κ2) is 3.89. The predicted molar refractivity (Wildman–Crippen MR) is 48.0 cm³/mol. The van der Waals surface area contributed by atoms with E-state index < -0.39 is 11.9 Å². The Morgan fingerprint density at radius 2 is 1.93 bits per heavy atom. The summed E-state index contributed by atoms with van der Waals surface area (Å²) in [6, 6.07) is 3.88. The third-order valence-corrected chi connectivity index (χ3v) is 1.94. The molecule has 0 saturated carbocycles. The minimum atomic E-state index is -4.50. The van der Waals surface area contributed by atoms with Gasteiger partial charge in [-0.1, -0.05) is 19.9 Å². The monoisotopic (exact) mass is 214 g/mol. The highest BCUT2D eigenvalue weighted by atomic mass is 19.4. The predicted octanol–water partition coefficient (Wildman–Crippen LogP) is 3.10. The Morgan fingerprint density at radius 1 is 1.33 bits per heavy atom. The molecule has 1 heterocycles. The van der Waals surface area contributed by atoms with Crippen molar-refractivity contribution >= 4 is 0 Å². The lowest BCUT2D eigenvalue weighted by Crippen LogP contribution is -2.10. The van der Waals surface area contributed by atoms with Crippen LogP contribution in [0.25, 0.3) is 0 Å². The number of halogens is 3. The van der Waals surface area contributed by atoms with E-state index in [9.17, 15) is 13.2 Å². The van der Waals surface area contributed by atoms with Gasteiger partial charge in [-0.2, -0.15) is 18.4 Å². The molecule has 2 nitrogen and oxygen atoms in total. The number of nitriles is 1. The maximum absolute atomic E-state index is 12.3. The fourth-order valence-electron chi connectivity index (χ4n) is 1.18. The highest BCUT2D eigenvalue weighted by Crippen LogP contribution is 2.29. The van der Waals surface area contributed by atoms with Crippen LogP contribution in [0.15, 0.2) is 12.1 Å². The summed E-state index contributed by atoms with van der Waals surface area (Å²) < 4.78 is 36.8. The zero-order valence-corrected chi connectivity index (χ0v) is 8.26. The largest absolute Gasteiger partial charge is 0.433 e. The average molecular weight is 214 g/mol. The van der Waals surface area contributed by atoms with Crippen LogP contribution in [0.5, 0.6) is 0 Å². The number of nitrogens with zero attached hydrogens (tertiary/aromatic N) is 2. The van der Waals surface area contributed by atoms with Gasteiger partial charge >= 0.3 is 6.18 Å². The lowest BCUT2D eigenvalue weighted by Gasteiger charge is -2.10. The Labute approximate surface area is 85.4 Å². The van der Waals surface area contributed by atoms with E-state index in [0.717, 1.165) is 6.07 Å². The van der Waals surface area contributed by atoms with Crippen LogP contribution >= 0.6 is 0 Å². The van der Waals surface area contributed by atoms with Crippen molar-refractivity contribution in [2.75, 3.05) is 0 Å². The molecule has 0 aliphatic rings. The van der Waals surface area contributed by atoms with Crippen molar-refractivity contribution in [3.05, 3.63) is 29.1 Å². The summed E-state index contributed by atoms with van der Waals surface area (Å²) in [6.07, 6.45) is -4.50. The van der Waals surface area contributed by atoms with Crippen molar-refractivity contribution in [3.8, 4) is 6.07 Å². The molecule has 1 rings (SSSR count). The van der Waals surface area contributed by atoms with Crippen LogP contribution < -0.4 is 0 Å². The first kappa shape index (κ1) is 11.5. The zero-order chi connectivity index (χ0) is 11.6. The van der Waals surface area contributed by atoms with E-state index in [2.05, 4.69) is 4.98 Å². The first-order valence-corrected chi connectivity index (χ1v) is 4.34. The van der Waals surface area contributed by atoms with Crippen molar-refractivity contribution < 1.29 is 13.2 Å². The summed E-state index contributed by atoms with van der Waals surface area (Å²) in [6.45, 7) is 3.59. The van der Waals surface area contributed by atoms with E-state index in [1.807, 2.05) is 0 Å². The van der Waals surface area contributed by atoms with Crippen molar-refractivity contribution in [2.24, 2.45) is 0 Å². The molecule has 0 N–H and O–H groups in total. The molecule has 0 aromatic carbocycles. The summed E-state index contributed by atoms with van der Waals surface area (Å²) >= 11 is 0. The summed E-state index contributed by atoms with van der Waals surface area (Å²) in [5.41, 5.74) is -0.645. The van der Waals surface area contributed by atoms with E-state index >= 15 is 0 Å². The molecule has 0 unspecified atom stereocenters. The summed E-state index contributed by atoms with van der Waals surface area (Å²) in [4.78, 5) is 3.30. The van der Waals surface area contributed by atoms with E-state index in [0.29, 0.717) is 5.56 Å². The van der Waals surface area contributed by atoms with E-state index in [1.165, 1.54) is 6.07 Å². The summed E-state index contributed by atoms with van der Waals surface area (Å²) in [5.74, 6) is -0.0190. The van der Waals surface area contributed by atoms with Crippen molar-refractivity contribution in [3.63, 3.8) is 0 Å². The van der Waals surface area contributed by atoms with Gasteiger partial charge in [-0.05, 0) is 17.5 Å². The first-order valence-electron chi connectivity index (χ1n) is 4.34. The Hall–Kier alpha value is -1.57. The summed E-state index contributed by atoms with van der Waals surface area (Å²) in [7, 11) is 0. The lowest BCUT2D eigenvalue weighted by atomic mass is 10.0. The number of pyridine rings is 1. The quantitative estimate of drug-likeness (QED) is 0.720. The second-order valence-electron chi connectivity index (χ2n) is 3.40. The molecule has 0 radical (unpaired) electrons. The van der Waals surface area contributed by atoms with Gasteiger partial charge < -0.3 is 0 Å². The molecule has 15 heavy (non-hydrogen) atoms. The molecule has 1 aromatic heterocycles. The van der Waals surface area contributed by atoms with Crippen LogP contribution in [0.2, 0.25) is 0 Å². The second-order valence-corrected chi connectivity index (χ2v) is 3.40. The van der Waals surface area contributed by atoms with Gasteiger partial charge in [0.15, 0.2) is 0 Å². The van der Waals surface area contributed by atoms with Gasteiger partial charge in [0.2, 0.25) is 0 Å². The van der Waals surface area contributed by atoms with E-state index in [4.69, 9.17) is 5.26 Å². The fourth-order valence-corrected chi connectivity index (χ4v) is 1.18. The number of aromatic nitrogens is 1. The molecule has 0 atom stereocenters. The van der Waals surface area contributed by atoms with E-state index in [-0.39, 0.29) is 11.6 Å². The number of alkyl halides is 3. The van der Waals surface area contributed by atoms with Gasteiger partial charge in [0.05, 0.1) is 0 Å². The SMILES string of the molecule is CC(C)c1ccc(C(F)(F)F)nc1C#N. The van der Waals surface area contributed by atoms with Gasteiger partial charge in [0.25, 0.3) is 0 Å². The minimum Gasteiger partial charge on any atom is -0.232 e. The lowest BCUT2D eigenvalue weighted by molar-refractivity contribution is -0.141. The topological polar surface area (TPSA) is 36.7 Å². The van der Waals surface area contributed by atoms with E-state index in [1.54, 1.807) is 19.9 Å². The number of hydrogen-bond donors (Lipinski definition) is 0. The maximum atomic E-state index is 12.3. The molecule has 0 fully saturated rings. The molecule has 0 aliphatic carbocycles. The van der Waals surface area contributed by atoms with Crippen molar-refractivity contribution in [1.82, 2.24) is 4.98 Å². The van der Waals surface area contributed by atoms with Crippen LogP contribution in [-0.2, 0) is 6.18 Å². The van der Waals surface area contributed by atoms with Crippen molar-refractivity contribution in [1.29, 1.82) is 5.26 Å². The molecule has 1 aromatic rings. The van der Waals surface area contributed by atoms with Gasteiger partial charge in [0, 0.05) is 0 Å². The first-order chi connectivity index (χ1) is 6.86. The summed E-state index contributed by atoms with van der Waals surface area (Å²) in [5, 5.41) is 8.68. The molecule has 0 amide bonds. The van der Waals surface area contributed by atoms with Gasteiger partial charge in [-0.25, -0.2) is 4.98 Å². The standard InChI is InChI=1S/C10H9F3N2/c1-6(2)7-3-4-9(10(11,12)13)15-8(7)5-14/h3-4,6H,1-2H3. The minimum absolute atomic E-state index is 0.0190. The Balaban J connectivity index is 3.27. The third-order valence-electron chi connectivity index (χ3n) is 1.94. The maximum Gasteiger partial charge on any atom is 0.433 e. The van der Waals surface area contributed by atoms with Gasteiger partial charge in [-0.15, -0.1) is 0 Å². The number of hydrogen-bond acceptors (Lipinski definition) is 2. The third kappa shape index (κ3) is 2.46. The number of rotatable bonds is 1. The Kier molecular flexibility index (Phi) is 2.98. The molecule has 0 aliphatic heterocycles. The molecule has 0 saturated heterocycles. The zero-order valence-electron chi connectivity index (χ0n) is 8.26. The van der Waals surface area contributed by atoms with Gasteiger partial charge in [0.1, 0.15) is 17.5 Å². The Bertz CT molecular complexity index is 402. The molecule has 80 valence electrons. The Morgan fingerprint density at radius 3 is 2.33 bits per heavy atom. The molecule has 0 spiro atoms. The van der Waals surface area contributed by atoms with Crippen LogP contribution in [-0.4, -0.2) is 4.98 Å². The van der Waals surface area contributed by atoms with Crippen LogP contribution in [0.1, 0.15) is 36.7 Å².